The highest BCUT2D eigenvalue weighted by Crippen LogP contribution is 2.30. The minimum Gasteiger partial charge on any atom is -0.334 e. The molecule has 20 heavy (non-hydrogen) atoms. The lowest BCUT2D eigenvalue weighted by atomic mass is 10.2. The topological polar surface area (TPSA) is 54.2 Å². The van der Waals surface area contributed by atoms with Crippen molar-refractivity contribution < 1.29 is 4.52 Å². The highest BCUT2D eigenvalue weighted by molar-refractivity contribution is 9.10. The van der Waals surface area contributed by atoms with Crippen LogP contribution in [0.25, 0.3) is 11.5 Å². The monoisotopic (exact) mass is 356 g/mol. The van der Waals surface area contributed by atoms with Gasteiger partial charge in [0.2, 0.25) is 0 Å². The van der Waals surface area contributed by atoms with Crippen LogP contribution in [0.15, 0.2) is 27.2 Å². The summed E-state index contributed by atoms with van der Waals surface area (Å²) in [4.78, 5) is 6.74. The second-order valence-electron chi connectivity index (χ2n) is 4.78. The van der Waals surface area contributed by atoms with Crippen LogP contribution in [-0.4, -0.2) is 41.7 Å². The third-order valence-electron chi connectivity index (χ3n) is 3.41. The van der Waals surface area contributed by atoms with Gasteiger partial charge in [0.25, 0.3) is 5.89 Å². The van der Waals surface area contributed by atoms with E-state index in [0.717, 1.165) is 29.7 Å². The minimum atomic E-state index is 0.146. The van der Waals surface area contributed by atoms with Crippen LogP contribution in [-0.2, 0) is 0 Å². The van der Waals surface area contributed by atoms with Crippen LogP contribution in [0.5, 0.6) is 0 Å². The molecular formula is C13H14BrClN4O. The Labute approximate surface area is 130 Å². The van der Waals surface area contributed by atoms with Crippen molar-refractivity contribution in [2.75, 3.05) is 26.7 Å². The van der Waals surface area contributed by atoms with Gasteiger partial charge < -0.3 is 9.84 Å². The van der Waals surface area contributed by atoms with Gasteiger partial charge in [-0.1, -0.05) is 16.8 Å². The van der Waals surface area contributed by atoms with Gasteiger partial charge in [0.15, 0.2) is 5.82 Å². The molecule has 0 radical (unpaired) electrons. The van der Waals surface area contributed by atoms with Gasteiger partial charge in [0, 0.05) is 29.1 Å². The highest BCUT2D eigenvalue weighted by Gasteiger charge is 2.25. The van der Waals surface area contributed by atoms with Gasteiger partial charge in [-0.25, -0.2) is 0 Å². The van der Waals surface area contributed by atoms with E-state index in [1.54, 1.807) is 6.07 Å². The third kappa shape index (κ3) is 2.74. The van der Waals surface area contributed by atoms with Crippen molar-refractivity contribution in [3.63, 3.8) is 0 Å². The molecule has 1 saturated heterocycles. The Morgan fingerprint density at radius 2 is 2.35 bits per heavy atom. The molecular weight excluding hydrogens is 344 g/mol. The summed E-state index contributed by atoms with van der Waals surface area (Å²) in [5, 5.41) is 8.11. The van der Waals surface area contributed by atoms with E-state index in [-0.39, 0.29) is 6.04 Å². The average Bonchev–Trinajstić information content (AvgIpc) is 2.88. The van der Waals surface area contributed by atoms with Gasteiger partial charge in [-0.15, -0.1) is 0 Å². The molecule has 2 heterocycles. The zero-order valence-corrected chi connectivity index (χ0v) is 13.3. The van der Waals surface area contributed by atoms with Gasteiger partial charge in [0.05, 0.1) is 11.6 Å². The zero-order chi connectivity index (χ0) is 14.1. The molecule has 5 nitrogen and oxygen atoms in total. The maximum Gasteiger partial charge on any atom is 0.259 e. The molecule has 0 spiro atoms. The number of piperazine rings is 1. The Morgan fingerprint density at radius 1 is 1.50 bits per heavy atom. The maximum absolute atomic E-state index is 5.94. The number of rotatable bonds is 2. The molecule has 3 rings (SSSR count). The number of hydrogen-bond donors (Lipinski definition) is 1. The summed E-state index contributed by atoms with van der Waals surface area (Å²) in [6.45, 7) is 2.79. The van der Waals surface area contributed by atoms with E-state index >= 15 is 0 Å². The second kappa shape index (κ2) is 5.81. The summed E-state index contributed by atoms with van der Waals surface area (Å²) in [5.74, 6) is 1.21. The lowest BCUT2D eigenvalue weighted by Crippen LogP contribution is -2.44. The molecule has 0 amide bonds. The summed E-state index contributed by atoms with van der Waals surface area (Å²) in [6, 6.07) is 5.63. The Balaban J connectivity index is 1.89. The lowest BCUT2D eigenvalue weighted by Gasteiger charge is -2.30. The SMILES string of the molecule is CN1CCNCC1c1noc(-c2ccc(Cl)cc2Br)n1. The van der Waals surface area contributed by atoms with Crippen LogP contribution in [0, 0.1) is 0 Å². The van der Waals surface area contributed by atoms with Crippen LogP contribution in [0.1, 0.15) is 11.9 Å². The van der Waals surface area contributed by atoms with Gasteiger partial charge in [-0.3, -0.25) is 4.90 Å². The molecule has 1 aromatic carbocycles. The number of halogens is 2. The first-order valence-electron chi connectivity index (χ1n) is 6.35. The number of benzene rings is 1. The van der Waals surface area contributed by atoms with Crippen molar-refractivity contribution in [1.29, 1.82) is 0 Å². The average molecular weight is 358 g/mol. The summed E-state index contributed by atoms with van der Waals surface area (Å²) >= 11 is 9.40. The molecule has 0 aliphatic carbocycles. The molecule has 0 bridgehead atoms. The van der Waals surface area contributed by atoms with Crippen LogP contribution in [0.4, 0.5) is 0 Å². The number of hydrogen-bond acceptors (Lipinski definition) is 5. The number of nitrogens with zero attached hydrogens (tertiary/aromatic N) is 3. The fourth-order valence-corrected chi connectivity index (χ4v) is 3.09. The summed E-state index contributed by atoms with van der Waals surface area (Å²) in [7, 11) is 2.07. The molecule has 106 valence electrons. The maximum atomic E-state index is 5.94. The summed E-state index contributed by atoms with van der Waals surface area (Å²) in [6.07, 6.45) is 0. The van der Waals surface area contributed by atoms with Crippen molar-refractivity contribution in [3.8, 4) is 11.5 Å². The van der Waals surface area contributed by atoms with Crippen molar-refractivity contribution in [2.24, 2.45) is 0 Å². The molecule has 1 aliphatic rings. The van der Waals surface area contributed by atoms with E-state index in [2.05, 4.69) is 43.3 Å². The van der Waals surface area contributed by atoms with E-state index in [9.17, 15) is 0 Å². The predicted molar refractivity (Wildman–Crippen MR) is 80.7 cm³/mol. The number of aromatic nitrogens is 2. The first-order chi connectivity index (χ1) is 9.65. The summed E-state index contributed by atoms with van der Waals surface area (Å²) < 4.78 is 6.23. The van der Waals surface area contributed by atoms with Gasteiger partial charge in [-0.2, -0.15) is 4.98 Å². The standard InChI is InChI=1S/C13H14BrClN4O/c1-19-5-4-16-7-11(19)12-17-13(20-18-12)9-3-2-8(15)6-10(9)14/h2-3,6,11,16H,4-5,7H2,1H3. The number of likely N-dealkylation sites (N-methyl/N-ethyl adjacent to an activating group) is 1. The van der Waals surface area contributed by atoms with E-state index < -0.39 is 0 Å². The first-order valence-corrected chi connectivity index (χ1v) is 7.52. The molecule has 1 N–H and O–H groups in total. The van der Waals surface area contributed by atoms with Crippen LogP contribution in [0.3, 0.4) is 0 Å². The molecule has 1 atom stereocenters. The fourth-order valence-electron chi connectivity index (χ4n) is 2.24. The zero-order valence-electron chi connectivity index (χ0n) is 10.9. The van der Waals surface area contributed by atoms with Gasteiger partial charge in [-0.05, 0) is 41.2 Å². The molecule has 1 fully saturated rings. The third-order valence-corrected chi connectivity index (χ3v) is 4.30. The molecule has 1 unspecified atom stereocenters. The molecule has 1 aromatic heterocycles. The molecule has 1 aliphatic heterocycles. The molecule has 0 saturated carbocycles. The van der Waals surface area contributed by atoms with Gasteiger partial charge in [0.1, 0.15) is 0 Å². The van der Waals surface area contributed by atoms with Crippen molar-refractivity contribution in [3.05, 3.63) is 33.5 Å². The van der Waals surface area contributed by atoms with E-state index in [1.165, 1.54) is 0 Å². The van der Waals surface area contributed by atoms with E-state index in [0.29, 0.717) is 16.7 Å². The second-order valence-corrected chi connectivity index (χ2v) is 6.07. The largest absolute Gasteiger partial charge is 0.334 e. The predicted octanol–water partition coefficient (Wildman–Crippen LogP) is 2.73. The Morgan fingerprint density at radius 3 is 3.10 bits per heavy atom. The normalized spacial score (nSPS) is 20.2. The van der Waals surface area contributed by atoms with Crippen molar-refractivity contribution >= 4 is 27.5 Å². The lowest BCUT2D eigenvalue weighted by molar-refractivity contribution is 0.190. The van der Waals surface area contributed by atoms with Crippen molar-refractivity contribution in [2.45, 2.75) is 6.04 Å². The Kier molecular flexibility index (Phi) is 4.07. The molecule has 2 aromatic rings. The minimum absolute atomic E-state index is 0.146. The quantitative estimate of drug-likeness (QED) is 0.895. The first kappa shape index (κ1) is 14.0. The van der Waals surface area contributed by atoms with Crippen molar-refractivity contribution in [1.82, 2.24) is 20.4 Å². The molecule has 7 heteroatoms. The van der Waals surface area contributed by atoms with E-state index in [1.807, 2.05) is 12.1 Å². The Hall–Kier alpha value is -0.950. The highest BCUT2D eigenvalue weighted by atomic mass is 79.9. The van der Waals surface area contributed by atoms with E-state index in [4.69, 9.17) is 16.1 Å². The van der Waals surface area contributed by atoms with Crippen LogP contribution < -0.4 is 5.32 Å². The van der Waals surface area contributed by atoms with Crippen LogP contribution in [0.2, 0.25) is 5.02 Å². The fraction of sp³-hybridized carbons (Fsp3) is 0.385. The van der Waals surface area contributed by atoms with Gasteiger partial charge >= 0.3 is 0 Å². The Bertz CT molecular complexity index is 618. The smallest absolute Gasteiger partial charge is 0.259 e. The van der Waals surface area contributed by atoms with Crippen LogP contribution >= 0.6 is 27.5 Å². The number of nitrogens with one attached hydrogen (secondary N) is 1. The summed E-state index contributed by atoms with van der Waals surface area (Å²) in [5.41, 5.74) is 0.847.